The number of nitrogens with one attached hydrogen (secondary N) is 1. The van der Waals surface area contributed by atoms with Crippen LogP contribution in [0.15, 0.2) is 16.3 Å². The van der Waals surface area contributed by atoms with Crippen LogP contribution in [0.4, 0.5) is 0 Å². The smallest absolute Gasteiger partial charge is 0.311 e. The number of aliphatic carboxylic acids is 1. The third-order valence-electron chi connectivity index (χ3n) is 4.08. The number of carbonyl (C=O) groups excluding carboxylic acids is 1. The fraction of sp³-hybridized carbons (Fsp3) is 0.571. The molecule has 1 saturated carbocycles. The predicted octanol–water partition coefficient (Wildman–Crippen LogP) is 1.92. The molecule has 1 heterocycles. The first-order valence-electron chi connectivity index (χ1n) is 7.05. The van der Waals surface area contributed by atoms with Crippen molar-refractivity contribution in [1.82, 2.24) is 5.32 Å². The largest absolute Gasteiger partial charge is 0.481 e. The maximum absolute atomic E-state index is 12.1. The van der Waals surface area contributed by atoms with E-state index in [2.05, 4.69) is 5.32 Å². The summed E-state index contributed by atoms with van der Waals surface area (Å²) in [4.78, 5) is 24.0. The molecule has 1 aromatic rings. The Morgan fingerprint density at radius 2 is 1.95 bits per heavy atom. The van der Waals surface area contributed by atoms with Gasteiger partial charge in [-0.25, -0.2) is 8.42 Å². The lowest BCUT2D eigenvalue weighted by Crippen LogP contribution is -2.44. The molecule has 0 radical (unpaired) electrons. The van der Waals surface area contributed by atoms with Crippen LogP contribution in [0.5, 0.6) is 0 Å². The minimum Gasteiger partial charge on any atom is -0.481 e. The van der Waals surface area contributed by atoms with Crippen LogP contribution in [0, 0.1) is 5.41 Å². The third kappa shape index (κ3) is 3.67. The number of carboxylic acids is 1. The number of carbonyl (C=O) groups is 2. The molecule has 1 aliphatic rings. The van der Waals surface area contributed by atoms with Crippen molar-refractivity contribution in [3.63, 3.8) is 0 Å². The zero-order valence-corrected chi connectivity index (χ0v) is 13.9. The van der Waals surface area contributed by atoms with E-state index in [1.165, 1.54) is 11.4 Å². The molecule has 2 N–H and O–H groups in total. The lowest BCUT2D eigenvalue weighted by molar-refractivity contribution is -0.150. The quantitative estimate of drug-likeness (QED) is 0.849. The standard InChI is InChI=1S/C14H19NO5S2/c1-22(19,20)10-7-11(21-8-10)12(16)15-9-14(13(17)18)5-3-2-4-6-14/h7-8H,2-6,9H2,1H3,(H,15,16)(H,17,18). The van der Waals surface area contributed by atoms with Gasteiger partial charge in [-0.05, 0) is 18.9 Å². The molecule has 0 saturated heterocycles. The molecular weight excluding hydrogens is 326 g/mol. The highest BCUT2D eigenvalue weighted by molar-refractivity contribution is 7.90. The van der Waals surface area contributed by atoms with Crippen LogP contribution in [-0.4, -0.2) is 38.2 Å². The van der Waals surface area contributed by atoms with Crippen molar-refractivity contribution in [3.05, 3.63) is 16.3 Å². The van der Waals surface area contributed by atoms with Crippen LogP contribution in [0.1, 0.15) is 41.8 Å². The Balaban J connectivity index is 2.05. The fourth-order valence-electron chi connectivity index (χ4n) is 2.66. The highest BCUT2D eigenvalue weighted by Gasteiger charge is 2.39. The number of sulfone groups is 1. The predicted molar refractivity (Wildman–Crippen MR) is 82.9 cm³/mol. The van der Waals surface area contributed by atoms with Crippen LogP contribution in [0.2, 0.25) is 0 Å². The lowest BCUT2D eigenvalue weighted by Gasteiger charge is -2.33. The van der Waals surface area contributed by atoms with Crippen molar-refractivity contribution in [2.45, 2.75) is 37.0 Å². The summed E-state index contributed by atoms with van der Waals surface area (Å²) in [6, 6.07) is 1.32. The Labute approximate surface area is 133 Å². The Hall–Kier alpha value is -1.41. The van der Waals surface area contributed by atoms with Gasteiger partial charge in [0, 0.05) is 18.2 Å². The molecule has 22 heavy (non-hydrogen) atoms. The van der Waals surface area contributed by atoms with Gasteiger partial charge in [0.1, 0.15) is 0 Å². The molecule has 0 aromatic carbocycles. The lowest BCUT2D eigenvalue weighted by atomic mass is 9.74. The van der Waals surface area contributed by atoms with Crippen molar-refractivity contribution in [1.29, 1.82) is 0 Å². The molecule has 1 aliphatic carbocycles. The second kappa shape index (κ2) is 6.37. The number of hydrogen-bond donors (Lipinski definition) is 2. The van der Waals surface area contributed by atoms with E-state index in [4.69, 9.17) is 0 Å². The summed E-state index contributed by atoms with van der Waals surface area (Å²) in [6.45, 7) is 0.0767. The van der Waals surface area contributed by atoms with Crippen LogP contribution >= 0.6 is 11.3 Å². The van der Waals surface area contributed by atoms with Crippen LogP contribution in [0.25, 0.3) is 0 Å². The molecule has 0 spiro atoms. The zero-order valence-electron chi connectivity index (χ0n) is 12.3. The molecule has 1 aromatic heterocycles. The Kier molecular flexibility index (Phi) is 4.91. The second-order valence-corrected chi connectivity index (χ2v) is 8.67. The molecular formula is C14H19NO5S2. The molecule has 0 unspecified atom stereocenters. The maximum Gasteiger partial charge on any atom is 0.311 e. The number of carboxylic acid groups (broad SMARTS) is 1. The highest BCUT2D eigenvalue weighted by atomic mass is 32.2. The first-order valence-corrected chi connectivity index (χ1v) is 9.82. The van der Waals surface area contributed by atoms with Gasteiger partial charge in [0.25, 0.3) is 5.91 Å². The van der Waals surface area contributed by atoms with Gasteiger partial charge in [-0.1, -0.05) is 19.3 Å². The SMILES string of the molecule is CS(=O)(=O)c1csc(C(=O)NCC2(C(=O)O)CCCCC2)c1. The van der Waals surface area contributed by atoms with E-state index >= 15 is 0 Å². The summed E-state index contributed by atoms with van der Waals surface area (Å²) in [5.41, 5.74) is -0.898. The first-order chi connectivity index (χ1) is 10.2. The van der Waals surface area contributed by atoms with Gasteiger partial charge in [-0.3, -0.25) is 9.59 Å². The molecule has 8 heteroatoms. The van der Waals surface area contributed by atoms with Crippen molar-refractivity contribution in [3.8, 4) is 0 Å². The molecule has 1 amide bonds. The van der Waals surface area contributed by atoms with E-state index in [1.54, 1.807) is 0 Å². The molecule has 122 valence electrons. The van der Waals surface area contributed by atoms with Crippen molar-refractivity contribution < 1.29 is 23.1 Å². The maximum atomic E-state index is 12.1. The average Bonchev–Trinajstić information content (AvgIpc) is 2.95. The Bertz CT molecular complexity index is 671. The van der Waals surface area contributed by atoms with Gasteiger partial charge in [0.15, 0.2) is 9.84 Å². The molecule has 0 aliphatic heterocycles. The topological polar surface area (TPSA) is 101 Å². The van der Waals surface area contributed by atoms with Crippen LogP contribution < -0.4 is 5.32 Å². The van der Waals surface area contributed by atoms with E-state index in [1.807, 2.05) is 0 Å². The van der Waals surface area contributed by atoms with Gasteiger partial charge < -0.3 is 10.4 Å². The normalized spacial score (nSPS) is 17.9. The summed E-state index contributed by atoms with van der Waals surface area (Å²) in [5.74, 6) is -1.30. The summed E-state index contributed by atoms with van der Waals surface area (Å²) >= 11 is 1.04. The van der Waals surface area contributed by atoms with Gasteiger partial charge in [0.2, 0.25) is 0 Å². The zero-order chi connectivity index (χ0) is 16.4. The van der Waals surface area contributed by atoms with E-state index in [0.717, 1.165) is 36.9 Å². The molecule has 0 bridgehead atoms. The van der Waals surface area contributed by atoms with Crippen molar-refractivity contribution >= 4 is 33.1 Å². The van der Waals surface area contributed by atoms with Crippen LogP contribution in [0.3, 0.4) is 0 Å². The molecule has 2 rings (SSSR count). The average molecular weight is 345 g/mol. The number of thiophene rings is 1. The van der Waals surface area contributed by atoms with Gasteiger partial charge in [-0.15, -0.1) is 11.3 Å². The van der Waals surface area contributed by atoms with E-state index in [9.17, 15) is 23.1 Å². The molecule has 1 fully saturated rings. The summed E-state index contributed by atoms with van der Waals surface area (Å²) in [5, 5.41) is 13.5. The van der Waals surface area contributed by atoms with Gasteiger partial charge >= 0.3 is 5.97 Å². The third-order valence-corrected chi connectivity index (χ3v) is 6.25. The monoisotopic (exact) mass is 345 g/mol. The summed E-state index contributed by atoms with van der Waals surface area (Å²) in [7, 11) is -3.34. The minimum absolute atomic E-state index is 0.0767. The number of amides is 1. The van der Waals surface area contributed by atoms with E-state index in [0.29, 0.717) is 12.8 Å². The van der Waals surface area contributed by atoms with Gasteiger partial charge in [-0.2, -0.15) is 0 Å². The summed E-state index contributed by atoms with van der Waals surface area (Å²) < 4.78 is 22.8. The van der Waals surface area contributed by atoms with Crippen molar-refractivity contribution in [2.75, 3.05) is 12.8 Å². The van der Waals surface area contributed by atoms with Crippen molar-refractivity contribution in [2.24, 2.45) is 5.41 Å². The molecule has 0 atom stereocenters. The van der Waals surface area contributed by atoms with E-state index in [-0.39, 0.29) is 16.3 Å². The van der Waals surface area contributed by atoms with Gasteiger partial charge in [0.05, 0.1) is 15.2 Å². The Morgan fingerprint density at radius 3 is 2.45 bits per heavy atom. The highest BCUT2D eigenvalue weighted by Crippen LogP contribution is 2.36. The summed E-state index contributed by atoms with van der Waals surface area (Å²) in [6.07, 6.45) is 4.91. The number of hydrogen-bond acceptors (Lipinski definition) is 5. The van der Waals surface area contributed by atoms with E-state index < -0.39 is 27.1 Å². The fourth-order valence-corrected chi connectivity index (χ4v) is 4.60. The molecule has 6 nitrogen and oxygen atoms in total. The number of rotatable bonds is 5. The Morgan fingerprint density at radius 1 is 1.32 bits per heavy atom. The first kappa shape index (κ1) is 17.0. The second-order valence-electron chi connectivity index (χ2n) is 5.75. The van der Waals surface area contributed by atoms with Crippen LogP contribution in [-0.2, 0) is 14.6 Å². The minimum atomic E-state index is -3.34.